The van der Waals surface area contributed by atoms with Crippen LogP contribution < -0.4 is 9.30 Å². The van der Waals surface area contributed by atoms with Crippen molar-refractivity contribution in [1.82, 2.24) is 0 Å². The van der Waals surface area contributed by atoms with Gasteiger partial charge in [-0.25, -0.2) is 0 Å². The van der Waals surface area contributed by atoms with Gasteiger partial charge in [0.15, 0.2) is 0 Å². The number of aromatic nitrogens is 1. The molecule has 1 heterocycles. The number of methoxy groups -OCH3 is 1. The Bertz CT molecular complexity index is 2170. The number of hydrogen-bond acceptors (Lipinski definition) is 1. The Morgan fingerprint density at radius 1 is 0.438 bits per heavy atom. The average Bonchev–Trinajstić information content (AvgIpc) is 3.17. The van der Waals surface area contributed by atoms with E-state index in [0.29, 0.717) is 0 Å². The lowest BCUT2D eigenvalue weighted by atomic mass is 9.77. The summed E-state index contributed by atoms with van der Waals surface area (Å²) in [5.41, 5.74) is 19.8. The van der Waals surface area contributed by atoms with E-state index in [2.05, 4.69) is 156 Å². The van der Waals surface area contributed by atoms with Crippen LogP contribution in [0.15, 0.2) is 152 Å². The summed E-state index contributed by atoms with van der Waals surface area (Å²) in [6.07, 6.45) is 4.04. The van der Waals surface area contributed by atoms with Crippen molar-refractivity contribution in [2.45, 2.75) is 25.7 Å². The summed E-state index contributed by atoms with van der Waals surface area (Å²) in [6, 6.07) is 55.5. The number of fused-ring (bicyclic) bond motifs is 6. The van der Waals surface area contributed by atoms with Gasteiger partial charge in [0.05, 0.1) is 18.2 Å². The first-order valence-corrected chi connectivity index (χ1v) is 17.0. The molecule has 0 amide bonds. The summed E-state index contributed by atoms with van der Waals surface area (Å²) in [5.74, 6) is 0.863. The second-order valence-electron chi connectivity index (χ2n) is 12.9. The van der Waals surface area contributed by atoms with Crippen LogP contribution >= 0.6 is 0 Å². The van der Waals surface area contributed by atoms with Gasteiger partial charge in [0, 0.05) is 28.8 Å². The van der Waals surface area contributed by atoms with Crippen molar-refractivity contribution in [2.75, 3.05) is 7.11 Å². The van der Waals surface area contributed by atoms with E-state index in [-0.39, 0.29) is 0 Å². The number of pyridine rings is 1. The first-order chi connectivity index (χ1) is 23.8. The van der Waals surface area contributed by atoms with Crippen molar-refractivity contribution >= 4 is 0 Å². The highest BCUT2D eigenvalue weighted by atomic mass is 16.5. The third-order valence-corrected chi connectivity index (χ3v) is 10.2. The highest BCUT2D eigenvalue weighted by Gasteiger charge is 2.39. The number of nitrogens with zero attached hydrogens (tertiary/aromatic N) is 1. The van der Waals surface area contributed by atoms with Crippen LogP contribution in [-0.4, -0.2) is 7.11 Å². The quantitative estimate of drug-likeness (QED) is 0.175. The molecule has 1 aromatic heterocycles. The van der Waals surface area contributed by atoms with Gasteiger partial charge in [0.2, 0.25) is 17.1 Å². The molecule has 2 heteroatoms. The third-order valence-electron chi connectivity index (χ3n) is 10.2. The molecular weight excluding hydrogens is 583 g/mol. The van der Waals surface area contributed by atoms with Crippen molar-refractivity contribution in [3.05, 3.63) is 174 Å². The van der Waals surface area contributed by atoms with Crippen molar-refractivity contribution in [1.29, 1.82) is 0 Å². The summed E-state index contributed by atoms with van der Waals surface area (Å²) >= 11 is 0. The topological polar surface area (TPSA) is 13.1 Å². The van der Waals surface area contributed by atoms with Crippen LogP contribution in [-0.2, 0) is 25.7 Å². The molecule has 0 saturated heterocycles. The van der Waals surface area contributed by atoms with Crippen molar-refractivity contribution in [2.24, 2.45) is 0 Å². The maximum Gasteiger partial charge on any atom is 0.223 e. The molecule has 6 aromatic carbocycles. The molecule has 0 fully saturated rings. The molecule has 7 aromatic rings. The van der Waals surface area contributed by atoms with E-state index in [9.17, 15) is 0 Å². The summed E-state index contributed by atoms with van der Waals surface area (Å²) in [7, 11) is 1.74. The van der Waals surface area contributed by atoms with E-state index >= 15 is 0 Å². The van der Waals surface area contributed by atoms with Gasteiger partial charge in [0.25, 0.3) is 0 Å². The Balaban J connectivity index is 1.42. The van der Waals surface area contributed by atoms with Crippen LogP contribution in [0.3, 0.4) is 0 Å². The molecule has 9 rings (SSSR count). The van der Waals surface area contributed by atoms with Gasteiger partial charge in [-0.3, -0.25) is 0 Å². The Morgan fingerprint density at radius 2 is 0.896 bits per heavy atom. The Kier molecular flexibility index (Phi) is 7.01. The van der Waals surface area contributed by atoms with Gasteiger partial charge < -0.3 is 4.74 Å². The molecule has 0 saturated carbocycles. The fourth-order valence-electron chi connectivity index (χ4n) is 7.97. The fourth-order valence-corrected chi connectivity index (χ4v) is 7.97. The molecule has 0 spiro atoms. The average molecular weight is 619 g/mol. The molecular formula is C46H36NO+. The number of rotatable bonds is 5. The van der Waals surface area contributed by atoms with E-state index in [0.717, 1.165) is 37.1 Å². The van der Waals surface area contributed by atoms with Gasteiger partial charge in [-0.15, -0.1) is 0 Å². The molecule has 230 valence electrons. The number of benzene rings is 6. The largest absolute Gasteiger partial charge is 0.497 e. The molecule has 0 bridgehead atoms. The van der Waals surface area contributed by atoms with E-state index in [4.69, 9.17) is 4.74 Å². The minimum atomic E-state index is 0.863. The Hall–Kier alpha value is -5.73. The highest BCUT2D eigenvalue weighted by molar-refractivity contribution is 5.88. The summed E-state index contributed by atoms with van der Waals surface area (Å²) < 4.78 is 8.23. The lowest BCUT2D eigenvalue weighted by molar-refractivity contribution is -0.573. The van der Waals surface area contributed by atoms with Crippen LogP contribution in [0.4, 0.5) is 0 Å². The van der Waals surface area contributed by atoms with Gasteiger partial charge in [-0.05, 0) is 88.9 Å². The molecule has 2 nitrogen and oxygen atoms in total. The zero-order valence-corrected chi connectivity index (χ0v) is 27.1. The van der Waals surface area contributed by atoms with Crippen LogP contribution in [0.5, 0.6) is 5.75 Å². The second kappa shape index (κ2) is 11.8. The first kappa shape index (κ1) is 28.5. The zero-order valence-electron chi connectivity index (χ0n) is 27.1. The van der Waals surface area contributed by atoms with Gasteiger partial charge in [0.1, 0.15) is 5.75 Å². The minimum Gasteiger partial charge on any atom is -0.497 e. The van der Waals surface area contributed by atoms with E-state index in [1.807, 2.05) is 0 Å². The molecule has 2 aliphatic carbocycles. The highest BCUT2D eigenvalue weighted by Crippen LogP contribution is 2.46. The Labute approximate surface area is 282 Å². The predicted octanol–water partition coefficient (Wildman–Crippen LogP) is 10.5. The second-order valence-corrected chi connectivity index (χ2v) is 12.9. The van der Waals surface area contributed by atoms with Gasteiger partial charge in [-0.1, -0.05) is 115 Å². The molecule has 48 heavy (non-hydrogen) atoms. The van der Waals surface area contributed by atoms with Gasteiger partial charge in [-0.2, -0.15) is 4.57 Å². The number of ether oxygens (including phenoxy) is 1. The minimum absolute atomic E-state index is 0.863. The lowest BCUT2D eigenvalue weighted by Crippen LogP contribution is -2.41. The maximum atomic E-state index is 5.64. The monoisotopic (exact) mass is 618 g/mol. The molecule has 0 atom stereocenters. The van der Waals surface area contributed by atoms with Crippen molar-refractivity contribution in [3.8, 4) is 67.3 Å². The summed E-state index contributed by atoms with van der Waals surface area (Å²) in [4.78, 5) is 0. The summed E-state index contributed by atoms with van der Waals surface area (Å²) in [6.45, 7) is 0. The normalized spacial score (nSPS) is 12.8. The SMILES string of the molecule is COc1ccc(-[n+]2c3c(c(-c4ccccc4)c4c2-c2cc(-c5ccccc5)ccc2CC4)CCc2ccc(-c4ccccc4)cc2-3)cc1. The predicted molar refractivity (Wildman–Crippen MR) is 197 cm³/mol. The van der Waals surface area contributed by atoms with Crippen molar-refractivity contribution in [3.63, 3.8) is 0 Å². The molecule has 0 radical (unpaired) electrons. The van der Waals surface area contributed by atoms with E-state index in [1.165, 1.54) is 78.1 Å². The molecule has 0 aliphatic heterocycles. The van der Waals surface area contributed by atoms with Crippen LogP contribution in [0, 0.1) is 0 Å². The van der Waals surface area contributed by atoms with Crippen LogP contribution in [0.2, 0.25) is 0 Å². The maximum absolute atomic E-state index is 5.64. The fraction of sp³-hybridized carbons (Fsp3) is 0.109. The first-order valence-electron chi connectivity index (χ1n) is 17.0. The smallest absolute Gasteiger partial charge is 0.223 e. The summed E-state index contributed by atoms with van der Waals surface area (Å²) in [5, 5.41) is 0. The van der Waals surface area contributed by atoms with Crippen molar-refractivity contribution < 1.29 is 9.30 Å². The Morgan fingerprint density at radius 3 is 1.35 bits per heavy atom. The standard InChI is InChI=1S/C46H36NO/c1-48-39-25-23-38(24-26-39)47-45-40(27-21-33-17-19-36(29-42(33)45)31-11-5-2-6-12-31)44(35-15-9-4-10-16-35)41-28-22-34-18-20-37(30-43(34)46(41)47)32-13-7-3-8-14-32/h2-20,23-26,29-30H,21-22,27-28H2,1H3/q+1. The molecule has 0 unspecified atom stereocenters. The third kappa shape index (κ3) is 4.76. The van der Waals surface area contributed by atoms with E-state index in [1.54, 1.807) is 7.11 Å². The van der Waals surface area contributed by atoms with Crippen LogP contribution in [0.1, 0.15) is 22.3 Å². The molecule has 2 aliphatic rings. The lowest BCUT2D eigenvalue weighted by Gasteiger charge is -2.29. The number of hydrogen-bond donors (Lipinski definition) is 0. The van der Waals surface area contributed by atoms with Gasteiger partial charge >= 0.3 is 0 Å². The van der Waals surface area contributed by atoms with E-state index < -0.39 is 0 Å². The van der Waals surface area contributed by atoms with Crippen LogP contribution in [0.25, 0.3) is 61.6 Å². The molecule has 0 N–H and O–H groups in total. The zero-order chi connectivity index (χ0) is 32.0. The number of aryl methyl sites for hydroxylation is 2.